The molecule has 0 spiro atoms. The summed E-state index contributed by atoms with van der Waals surface area (Å²) in [5.74, 6) is 0. The van der Waals surface area contributed by atoms with Gasteiger partial charge in [-0.2, -0.15) is 0 Å². The van der Waals surface area contributed by atoms with Crippen LogP contribution in [0.2, 0.25) is 10.0 Å². The molecular weight excluding hydrogens is 221 g/mol. The highest BCUT2D eigenvalue weighted by atomic mass is 35.5. The van der Waals surface area contributed by atoms with Crippen molar-refractivity contribution in [3.63, 3.8) is 0 Å². The van der Waals surface area contributed by atoms with Gasteiger partial charge in [-0.1, -0.05) is 30.1 Å². The van der Waals surface area contributed by atoms with Gasteiger partial charge in [-0.05, 0) is 23.8 Å². The highest BCUT2D eigenvalue weighted by molar-refractivity contribution is 6.34. The van der Waals surface area contributed by atoms with E-state index in [0.29, 0.717) is 16.6 Å². The average Bonchev–Trinajstić information content (AvgIpc) is 2.15. The SMILES string of the molecule is CC(CN)(CO)c1cc(Cl)cc(Cl)c1. The highest BCUT2D eigenvalue weighted by Gasteiger charge is 2.24. The minimum absolute atomic E-state index is 0.0276. The quantitative estimate of drug-likeness (QED) is 0.842. The molecule has 0 fully saturated rings. The number of aliphatic hydroxyl groups excluding tert-OH is 1. The van der Waals surface area contributed by atoms with Gasteiger partial charge in [0.05, 0.1) is 6.61 Å². The molecule has 0 saturated carbocycles. The predicted molar refractivity (Wildman–Crippen MR) is 60.0 cm³/mol. The molecular formula is C10H13Cl2NO. The lowest BCUT2D eigenvalue weighted by molar-refractivity contribution is 0.210. The van der Waals surface area contributed by atoms with Gasteiger partial charge in [0.25, 0.3) is 0 Å². The number of nitrogens with two attached hydrogens (primary N) is 1. The zero-order valence-electron chi connectivity index (χ0n) is 7.93. The van der Waals surface area contributed by atoms with Crippen LogP contribution < -0.4 is 5.73 Å². The Balaban J connectivity index is 3.17. The molecule has 0 aliphatic heterocycles. The molecule has 0 radical (unpaired) electrons. The maximum Gasteiger partial charge on any atom is 0.0537 e. The minimum atomic E-state index is -0.478. The molecule has 0 heterocycles. The Bertz CT molecular complexity index is 304. The Morgan fingerprint density at radius 1 is 1.29 bits per heavy atom. The summed E-state index contributed by atoms with van der Waals surface area (Å²) < 4.78 is 0. The molecule has 0 aromatic heterocycles. The molecule has 1 aromatic rings. The summed E-state index contributed by atoms with van der Waals surface area (Å²) in [5.41, 5.74) is 5.99. The molecule has 1 rings (SSSR count). The highest BCUT2D eigenvalue weighted by Crippen LogP contribution is 2.28. The average molecular weight is 234 g/mol. The second-order valence-corrected chi connectivity index (χ2v) is 4.45. The molecule has 1 unspecified atom stereocenters. The van der Waals surface area contributed by atoms with Crippen LogP contribution in [-0.4, -0.2) is 18.3 Å². The van der Waals surface area contributed by atoms with Crippen molar-refractivity contribution in [2.24, 2.45) is 5.73 Å². The molecule has 4 heteroatoms. The molecule has 0 aliphatic carbocycles. The lowest BCUT2D eigenvalue weighted by atomic mass is 9.83. The van der Waals surface area contributed by atoms with E-state index in [1.54, 1.807) is 18.2 Å². The Kier molecular flexibility index (Phi) is 3.78. The zero-order chi connectivity index (χ0) is 10.8. The number of rotatable bonds is 3. The van der Waals surface area contributed by atoms with Crippen LogP contribution in [0.1, 0.15) is 12.5 Å². The van der Waals surface area contributed by atoms with Crippen LogP contribution in [0.25, 0.3) is 0 Å². The molecule has 2 nitrogen and oxygen atoms in total. The molecule has 0 saturated heterocycles. The van der Waals surface area contributed by atoms with Gasteiger partial charge in [0.1, 0.15) is 0 Å². The maximum absolute atomic E-state index is 9.25. The van der Waals surface area contributed by atoms with E-state index < -0.39 is 5.41 Å². The van der Waals surface area contributed by atoms with Crippen molar-refractivity contribution in [1.29, 1.82) is 0 Å². The summed E-state index contributed by atoms with van der Waals surface area (Å²) in [5, 5.41) is 10.4. The molecule has 1 aromatic carbocycles. The topological polar surface area (TPSA) is 46.2 Å². The summed E-state index contributed by atoms with van der Waals surface area (Å²) in [6.07, 6.45) is 0. The first kappa shape index (κ1) is 11.8. The molecule has 0 aliphatic rings. The fraction of sp³-hybridized carbons (Fsp3) is 0.400. The predicted octanol–water partition coefficient (Wildman–Crippen LogP) is 2.20. The first-order valence-corrected chi connectivity index (χ1v) is 5.05. The van der Waals surface area contributed by atoms with E-state index in [-0.39, 0.29) is 6.61 Å². The molecule has 1 atom stereocenters. The van der Waals surface area contributed by atoms with E-state index in [0.717, 1.165) is 5.56 Å². The van der Waals surface area contributed by atoms with E-state index in [9.17, 15) is 5.11 Å². The van der Waals surface area contributed by atoms with E-state index >= 15 is 0 Å². The van der Waals surface area contributed by atoms with E-state index in [1.807, 2.05) is 6.92 Å². The molecule has 0 bridgehead atoms. The van der Waals surface area contributed by atoms with Gasteiger partial charge in [0.2, 0.25) is 0 Å². The van der Waals surface area contributed by atoms with E-state index in [4.69, 9.17) is 28.9 Å². The standard InChI is InChI=1S/C10H13Cl2NO/c1-10(5-13,6-14)7-2-8(11)4-9(12)3-7/h2-4,14H,5-6,13H2,1H3. The number of aliphatic hydroxyl groups is 1. The first-order valence-electron chi connectivity index (χ1n) is 4.29. The third-order valence-corrected chi connectivity index (χ3v) is 2.80. The van der Waals surface area contributed by atoms with Crippen molar-refractivity contribution in [3.8, 4) is 0 Å². The van der Waals surface area contributed by atoms with Crippen molar-refractivity contribution >= 4 is 23.2 Å². The molecule has 14 heavy (non-hydrogen) atoms. The lowest BCUT2D eigenvalue weighted by Gasteiger charge is -2.26. The van der Waals surface area contributed by atoms with Crippen molar-refractivity contribution in [1.82, 2.24) is 0 Å². The smallest absolute Gasteiger partial charge is 0.0537 e. The number of benzene rings is 1. The van der Waals surface area contributed by atoms with Crippen LogP contribution in [0.5, 0.6) is 0 Å². The third kappa shape index (κ3) is 2.39. The van der Waals surface area contributed by atoms with Gasteiger partial charge >= 0.3 is 0 Å². The monoisotopic (exact) mass is 233 g/mol. The van der Waals surface area contributed by atoms with Gasteiger partial charge in [-0.25, -0.2) is 0 Å². The normalized spacial score (nSPS) is 15.2. The Morgan fingerprint density at radius 3 is 2.14 bits per heavy atom. The number of hydrogen-bond acceptors (Lipinski definition) is 2. The summed E-state index contributed by atoms with van der Waals surface area (Å²) >= 11 is 11.7. The maximum atomic E-state index is 9.25. The van der Waals surface area contributed by atoms with Crippen molar-refractivity contribution < 1.29 is 5.11 Å². The van der Waals surface area contributed by atoms with Crippen molar-refractivity contribution in [2.45, 2.75) is 12.3 Å². The van der Waals surface area contributed by atoms with E-state index in [2.05, 4.69) is 0 Å². The van der Waals surface area contributed by atoms with Crippen molar-refractivity contribution in [3.05, 3.63) is 33.8 Å². The van der Waals surface area contributed by atoms with Gasteiger partial charge in [0.15, 0.2) is 0 Å². The van der Waals surface area contributed by atoms with E-state index in [1.165, 1.54) is 0 Å². The van der Waals surface area contributed by atoms with Crippen LogP contribution in [0.4, 0.5) is 0 Å². The fourth-order valence-electron chi connectivity index (χ4n) is 1.18. The van der Waals surface area contributed by atoms with Gasteiger partial charge < -0.3 is 10.8 Å². The fourth-order valence-corrected chi connectivity index (χ4v) is 1.70. The Hall–Kier alpha value is -0.280. The largest absolute Gasteiger partial charge is 0.395 e. The Labute approximate surface area is 93.6 Å². The van der Waals surface area contributed by atoms with Crippen molar-refractivity contribution in [2.75, 3.05) is 13.2 Å². The van der Waals surface area contributed by atoms with Crippen LogP contribution in [0, 0.1) is 0 Å². The van der Waals surface area contributed by atoms with Crippen LogP contribution in [0.15, 0.2) is 18.2 Å². The second kappa shape index (κ2) is 4.49. The number of hydrogen-bond donors (Lipinski definition) is 2. The number of halogens is 2. The summed E-state index contributed by atoms with van der Waals surface area (Å²) in [7, 11) is 0. The van der Waals surface area contributed by atoms with Crippen LogP contribution >= 0.6 is 23.2 Å². The molecule has 3 N–H and O–H groups in total. The lowest BCUT2D eigenvalue weighted by Crippen LogP contribution is -2.35. The summed E-state index contributed by atoms with van der Waals surface area (Å²) in [6, 6.07) is 5.20. The third-order valence-electron chi connectivity index (χ3n) is 2.36. The zero-order valence-corrected chi connectivity index (χ0v) is 9.44. The summed E-state index contributed by atoms with van der Waals surface area (Å²) in [4.78, 5) is 0. The van der Waals surface area contributed by atoms with Gasteiger partial charge in [0, 0.05) is 22.0 Å². The minimum Gasteiger partial charge on any atom is -0.395 e. The van der Waals surface area contributed by atoms with Crippen LogP contribution in [0.3, 0.4) is 0 Å². The van der Waals surface area contributed by atoms with Gasteiger partial charge in [-0.15, -0.1) is 0 Å². The Morgan fingerprint density at radius 2 is 1.79 bits per heavy atom. The second-order valence-electron chi connectivity index (χ2n) is 3.58. The molecule has 78 valence electrons. The summed E-state index contributed by atoms with van der Waals surface area (Å²) in [6.45, 7) is 2.19. The first-order chi connectivity index (χ1) is 6.51. The molecule has 0 amide bonds. The van der Waals surface area contributed by atoms with Gasteiger partial charge in [-0.3, -0.25) is 0 Å². The van der Waals surface area contributed by atoms with Crippen LogP contribution in [-0.2, 0) is 5.41 Å².